The Kier molecular flexibility index (Phi) is 5.17. The number of hydrogen-bond acceptors (Lipinski definition) is 4. The van der Waals surface area contributed by atoms with Crippen LogP contribution in [0.3, 0.4) is 0 Å². The maximum atomic E-state index is 12.5. The van der Waals surface area contributed by atoms with Crippen molar-refractivity contribution in [2.24, 2.45) is 0 Å². The van der Waals surface area contributed by atoms with E-state index in [1.54, 1.807) is 12.1 Å². The van der Waals surface area contributed by atoms with Crippen molar-refractivity contribution in [3.63, 3.8) is 0 Å². The van der Waals surface area contributed by atoms with Crippen LogP contribution in [0.2, 0.25) is 0 Å². The Balaban J connectivity index is 1.76. The molecule has 0 bridgehead atoms. The molecule has 2 aromatic carbocycles. The molecule has 3 rings (SSSR count). The van der Waals surface area contributed by atoms with E-state index in [1.807, 2.05) is 38.2 Å². The Morgan fingerprint density at radius 1 is 1.28 bits per heavy atom. The molecule has 0 radical (unpaired) electrons. The lowest BCUT2D eigenvalue weighted by atomic mass is 10.0. The molecule has 2 N–H and O–H groups in total. The number of carbonyl (C=O) groups is 1. The van der Waals surface area contributed by atoms with Gasteiger partial charge in [-0.25, -0.2) is 4.79 Å². The summed E-state index contributed by atoms with van der Waals surface area (Å²) in [7, 11) is 2.01. The van der Waals surface area contributed by atoms with E-state index in [4.69, 9.17) is 4.74 Å². The van der Waals surface area contributed by atoms with Crippen LogP contribution in [-0.2, 0) is 4.74 Å². The summed E-state index contributed by atoms with van der Waals surface area (Å²) in [5.74, 6) is 0. The number of hydrogen-bond donors (Lipinski definition) is 2. The first-order chi connectivity index (χ1) is 12.1. The predicted octanol–water partition coefficient (Wildman–Crippen LogP) is 2.55. The van der Waals surface area contributed by atoms with E-state index < -0.39 is 0 Å². The molecule has 2 atom stereocenters. The lowest BCUT2D eigenvalue weighted by Crippen LogP contribution is -2.45. The molecular weight excluding hydrogens is 316 g/mol. The quantitative estimate of drug-likeness (QED) is 0.898. The van der Waals surface area contributed by atoms with Crippen LogP contribution in [0.1, 0.15) is 12.5 Å². The van der Waals surface area contributed by atoms with Crippen molar-refractivity contribution in [2.45, 2.75) is 19.1 Å². The van der Waals surface area contributed by atoms with Gasteiger partial charge in [-0.1, -0.05) is 24.3 Å². The second-order valence-electron chi connectivity index (χ2n) is 6.24. The monoisotopic (exact) mass is 338 g/mol. The Hall–Kier alpha value is -2.62. The standard InChI is InChI=1S/C19H22N4O2/c1-3-25-18-12-23(2)11-17(18)22-19(24)21-16-9-8-13(10-20)14-6-4-5-7-15(14)16/h4-9,17-18H,3,11-12H2,1-2H3,(H2,21,22,24)/t17-,18-/m0/s1. The van der Waals surface area contributed by atoms with Crippen molar-refractivity contribution < 1.29 is 9.53 Å². The zero-order chi connectivity index (χ0) is 17.8. The minimum absolute atomic E-state index is 0.00143. The molecule has 0 aromatic heterocycles. The topological polar surface area (TPSA) is 77.4 Å². The fraction of sp³-hybridized carbons (Fsp3) is 0.368. The summed E-state index contributed by atoms with van der Waals surface area (Å²) >= 11 is 0. The number of fused-ring (bicyclic) bond motifs is 1. The summed E-state index contributed by atoms with van der Waals surface area (Å²) in [5.41, 5.74) is 1.28. The van der Waals surface area contributed by atoms with Crippen molar-refractivity contribution >= 4 is 22.5 Å². The van der Waals surface area contributed by atoms with Crippen LogP contribution in [0, 0.1) is 11.3 Å². The number of urea groups is 1. The highest BCUT2D eigenvalue weighted by Crippen LogP contribution is 2.26. The molecule has 6 heteroatoms. The fourth-order valence-electron chi connectivity index (χ4n) is 3.32. The van der Waals surface area contributed by atoms with Gasteiger partial charge in [-0.05, 0) is 26.1 Å². The SMILES string of the molecule is CCO[C@H]1CN(C)C[C@@H]1NC(=O)Nc1ccc(C#N)c2ccccc12. The van der Waals surface area contributed by atoms with Gasteiger partial charge in [0.2, 0.25) is 0 Å². The second kappa shape index (κ2) is 7.51. The number of nitrogens with one attached hydrogen (secondary N) is 2. The average Bonchev–Trinajstić information content (AvgIpc) is 2.94. The van der Waals surface area contributed by atoms with E-state index >= 15 is 0 Å². The van der Waals surface area contributed by atoms with Gasteiger partial charge in [0.05, 0.1) is 29.5 Å². The van der Waals surface area contributed by atoms with Crippen LogP contribution in [0.25, 0.3) is 10.8 Å². The third kappa shape index (κ3) is 3.73. The van der Waals surface area contributed by atoms with Gasteiger partial charge in [0.25, 0.3) is 0 Å². The Bertz CT molecular complexity index is 815. The van der Waals surface area contributed by atoms with E-state index in [-0.39, 0.29) is 18.2 Å². The summed E-state index contributed by atoms with van der Waals surface area (Å²) in [6.07, 6.45) is -0.00143. The number of nitriles is 1. The summed E-state index contributed by atoms with van der Waals surface area (Å²) in [4.78, 5) is 14.6. The van der Waals surface area contributed by atoms with Crippen LogP contribution in [0.15, 0.2) is 36.4 Å². The van der Waals surface area contributed by atoms with E-state index in [1.165, 1.54) is 0 Å². The van der Waals surface area contributed by atoms with Gasteiger partial charge in [-0.2, -0.15) is 5.26 Å². The van der Waals surface area contributed by atoms with Crippen LogP contribution < -0.4 is 10.6 Å². The van der Waals surface area contributed by atoms with E-state index in [0.717, 1.165) is 23.9 Å². The average molecular weight is 338 g/mol. The lowest BCUT2D eigenvalue weighted by molar-refractivity contribution is 0.0568. The highest BCUT2D eigenvalue weighted by molar-refractivity contribution is 6.03. The second-order valence-corrected chi connectivity index (χ2v) is 6.24. The Morgan fingerprint density at radius 2 is 2.04 bits per heavy atom. The van der Waals surface area contributed by atoms with Gasteiger partial charge >= 0.3 is 6.03 Å². The summed E-state index contributed by atoms with van der Waals surface area (Å²) in [5, 5.41) is 16.8. The molecule has 0 aliphatic carbocycles. The first-order valence-corrected chi connectivity index (χ1v) is 8.42. The van der Waals surface area contributed by atoms with Gasteiger partial charge in [0.15, 0.2) is 0 Å². The number of anilines is 1. The first kappa shape index (κ1) is 17.2. The molecular formula is C19H22N4O2. The third-order valence-electron chi connectivity index (χ3n) is 4.44. The number of carbonyl (C=O) groups excluding carboxylic acids is 1. The normalized spacial score (nSPS) is 20.4. The van der Waals surface area contributed by atoms with E-state index in [9.17, 15) is 10.1 Å². The number of nitrogens with zero attached hydrogens (tertiary/aromatic N) is 2. The van der Waals surface area contributed by atoms with Crippen LogP contribution in [-0.4, -0.2) is 49.8 Å². The number of ether oxygens (including phenoxy) is 1. The van der Waals surface area contributed by atoms with Crippen LogP contribution in [0.5, 0.6) is 0 Å². The minimum Gasteiger partial charge on any atom is -0.375 e. The molecule has 1 aliphatic rings. The van der Waals surface area contributed by atoms with Gasteiger partial charge in [-0.15, -0.1) is 0 Å². The molecule has 0 spiro atoms. The van der Waals surface area contributed by atoms with Gasteiger partial charge in [-0.3, -0.25) is 0 Å². The van der Waals surface area contributed by atoms with Gasteiger partial charge in [0, 0.05) is 30.5 Å². The largest absolute Gasteiger partial charge is 0.375 e. The fourth-order valence-corrected chi connectivity index (χ4v) is 3.32. The molecule has 0 unspecified atom stereocenters. The number of likely N-dealkylation sites (tertiary alicyclic amines) is 1. The zero-order valence-corrected chi connectivity index (χ0v) is 14.5. The molecule has 0 saturated carbocycles. The van der Waals surface area contributed by atoms with Crippen molar-refractivity contribution in [2.75, 3.05) is 32.1 Å². The highest BCUT2D eigenvalue weighted by atomic mass is 16.5. The first-order valence-electron chi connectivity index (χ1n) is 8.42. The van der Waals surface area contributed by atoms with E-state index in [0.29, 0.717) is 17.9 Å². The zero-order valence-electron chi connectivity index (χ0n) is 14.5. The molecule has 1 fully saturated rings. The van der Waals surface area contributed by atoms with Crippen molar-refractivity contribution in [3.05, 3.63) is 42.0 Å². The van der Waals surface area contributed by atoms with Gasteiger partial charge in [0.1, 0.15) is 0 Å². The highest BCUT2D eigenvalue weighted by Gasteiger charge is 2.32. The van der Waals surface area contributed by atoms with Crippen molar-refractivity contribution in [3.8, 4) is 6.07 Å². The molecule has 1 saturated heterocycles. The summed E-state index contributed by atoms with van der Waals surface area (Å²) in [6, 6.07) is 12.9. The summed E-state index contributed by atoms with van der Waals surface area (Å²) < 4.78 is 5.72. The summed E-state index contributed by atoms with van der Waals surface area (Å²) in [6.45, 7) is 4.14. The number of benzene rings is 2. The molecule has 2 amide bonds. The molecule has 6 nitrogen and oxygen atoms in total. The number of amides is 2. The van der Waals surface area contributed by atoms with Crippen molar-refractivity contribution in [1.29, 1.82) is 5.26 Å². The van der Waals surface area contributed by atoms with Crippen LogP contribution in [0.4, 0.5) is 10.5 Å². The van der Waals surface area contributed by atoms with Gasteiger partial charge < -0.3 is 20.3 Å². The lowest BCUT2D eigenvalue weighted by Gasteiger charge is -2.20. The van der Waals surface area contributed by atoms with E-state index in [2.05, 4.69) is 21.6 Å². The Morgan fingerprint density at radius 3 is 2.76 bits per heavy atom. The molecule has 25 heavy (non-hydrogen) atoms. The smallest absolute Gasteiger partial charge is 0.319 e. The minimum atomic E-state index is -0.264. The molecule has 130 valence electrons. The maximum absolute atomic E-state index is 12.5. The Labute approximate surface area is 147 Å². The number of likely N-dealkylation sites (N-methyl/N-ethyl adjacent to an activating group) is 1. The van der Waals surface area contributed by atoms with Crippen LogP contribution >= 0.6 is 0 Å². The predicted molar refractivity (Wildman–Crippen MR) is 97.5 cm³/mol. The molecule has 1 aliphatic heterocycles. The third-order valence-corrected chi connectivity index (χ3v) is 4.44. The molecule has 1 heterocycles. The molecule has 2 aromatic rings. The van der Waals surface area contributed by atoms with Crippen molar-refractivity contribution in [1.82, 2.24) is 10.2 Å². The maximum Gasteiger partial charge on any atom is 0.319 e. The number of rotatable bonds is 4.